The van der Waals surface area contributed by atoms with Crippen LogP contribution in [-0.4, -0.2) is 72.9 Å². The van der Waals surface area contributed by atoms with Crippen molar-refractivity contribution < 1.29 is 33.8 Å². The van der Waals surface area contributed by atoms with Crippen LogP contribution < -0.4 is 15.3 Å². The number of amides is 3. The van der Waals surface area contributed by atoms with Crippen molar-refractivity contribution in [1.29, 1.82) is 0 Å². The minimum absolute atomic E-state index is 0.0574. The van der Waals surface area contributed by atoms with E-state index in [2.05, 4.69) is 20.8 Å². The van der Waals surface area contributed by atoms with Crippen LogP contribution >= 0.6 is 23.1 Å². The number of oxime groups is 1. The number of carbonyl (C=O) groups is 4. The van der Waals surface area contributed by atoms with Crippen molar-refractivity contribution in [2.75, 3.05) is 11.1 Å². The number of β-lactam (4-membered cyclic amide) rings is 1. The lowest BCUT2D eigenvalue weighted by atomic mass is 10.0. The Morgan fingerprint density at radius 3 is 2.89 bits per heavy atom. The van der Waals surface area contributed by atoms with Crippen molar-refractivity contribution >= 4 is 58.1 Å². The highest BCUT2D eigenvalue weighted by atomic mass is 32.2. The third-order valence-corrected chi connectivity index (χ3v) is 7.93. The van der Waals surface area contributed by atoms with Gasteiger partial charge in [-0.1, -0.05) is 5.16 Å². The van der Waals surface area contributed by atoms with E-state index in [0.717, 1.165) is 24.2 Å². The van der Waals surface area contributed by atoms with Gasteiger partial charge in [-0.05, 0) is 18.4 Å². The van der Waals surface area contributed by atoms with Gasteiger partial charge in [-0.3, -0.25) is 19.3 Å². The predicted octanol–water partition coefficient (Wildman–Crippen LogP) is -0.341. The lowest BCUT2D eigenvalue weighted by Crippen LogP contribution is -2.71. The molecule has 3 amide bonds. The molecule has 0 spiro atoms. The summed E-state index contributed by atoms with van der Waals surface area (Å²) in [5.74, 6) is -2.00. The molecule has 1 saturated heterocycles. The van der Waals surface area contributed by atoms with Crippen LogP contribution in [0.1, 0.15) is 18.5 Å². The Balaban J connectivity index is 1.34. The van der Waals surface area contributed by atoms with Gasteiger partial charge in [0.2, 0.25) is 6.41 Å². The predicted molar refractivity (Wildman–Crippen MR) is 128 cm³/mol. The number of nitrogens with one attached hydrogen (secondary N) is 2. The second-order valence-corrected chi connectivity index (χ2v) is 10.3. The van der Waals surface area contributed by atoms with Crippen LogP contribution in [0.4, 0.5) is 5.13 Å². The number of anilines is 1. The van der Waals surface area contributed by atoms with E-state index in [-0.39, 0.29) is 28.3 Å². The smallest absolute Gasteiger partial charge is 0.352 e. The van der Waals surface area contributed by atoms with E-state index in [1.54, 1.807) is 5.38 Å². The summed E-state index contributed by atoms with van der Waals surface area (Å²) in [7, 11) is 1.84. The Kier molecular flexibility index (Phi) is 6.49. The number of hydrogen-bond acceptors (Lipinski definition) is 9. The molecule has 0 aromatic carbocycles. The van der Waals surface area contributed by atoms with Gasteiger partial charge in [-0.15, -0.1) is 27.8 Å². The van der Waals surface area contributed by atoms with Gasteiger partial charge in [-0.25, -0.2) is 9.78 Å². The molecule has 188 valence electrons. The van der Waals surface area contributed by atoms with E-state index >= 15 is 0 Å². The Labute approximate surface area is 212 Å². The number of aryl methyl sites for hydroxylation is 1. The fourth-order valence-corrected chi connectivity index (χ4v) is 5.82. The average molecular weight is 533 g/mol. The van der Waals surface area contributed by atoms with Crippen molar-refractivity contribution in [3.63, 3.8) is 0 Å². The molecule has 2 aliphatic heterocycles. The second-order valence-electron chi connectivity index (χ2n) is 8.32. The Bertz CT molecular complexity index is 1300. The first-order chi connectivity index (χ1) is 17.4. The highest BCUT2D eigenvalue weighted by Crippen LogP contribution is 2.40. The molecule has 3 N–H and O–H groups in total. The number of fused-ring (bicyclic) bond motifs is 1. The minimum Gasteiger partial charge on any atom is -0.477 e. The van der Waals surface area contributed by atoms with Gasteiger partial charge in [0.05, 0.1) is 6.20 Å². The average Bonchev–Trinajstić information content (AvgIpc) is 3.43. The molecule has 2 aromatic heterocycles. The lowest BCUT2D eigenvalue weighted by Gasteiger charge is -2.49. The maximum absolute atomic E-state index is 13.1. The Hall–Kier alpha value is -3.72. The first-order valence-corrected chi connectivity index (χ1v) is 12.9. The van der Waals surface area contributed by atoms with Gasteiger partial charge < -0.3 is 20.6 Å². The van der Waals surface area contributed by atoms with Crippen LogP contribution in [0.15, 0.2) is 40.3 Å². The van der Waals surface area contributed by atoms with Gasteiger partial charge in [0.1, 0.15) is 35.5 Å². The largest absolute Gasteiger partial charge is 0.477 e. The number of thiazole rings is 1. The molecule has 15 heteroatoms. The molecule has 36 heavy (non-hydrogen) atoms. The van der Waals surface area contributed by atoms with E-state index < -0.39 is 29.2 Å². The molecule has 3 aliphatic rings. The van der Waals surface area contributed by atoms with Crippen LogP contribution in [-0.2, 0) is 37.6 Å². The summed E-state index contributed by atoms with van der Waals surface area (Å²) in [4.78, 5) is 59.8. The summed E-state index contributed by atoms with van der Waals surface area (Å²) in [6.45, 7) is 0.321. The zero-order chi connectivity index (χ0) is 25.4. The molecule has 1 saturated carbocycles. The monoisotopic (exact) mass is 532 g/mol. The highest BCUT2D eigenvalue weighted by Gasteiger charge is 2.54. The third kappa shape index (κ3) is 4.58. The van der Waals surface area contributed by atoms with E-state index in [1.165, 1.54) is 16.7 Å². The molecule has 1 aliphatic carbocycles. The van der Waals surface area contributed by atoms with E-state index in [9.17, 15) is 24.3 Å². The van der Waals surface area contributed by atoms with Crippen LogP contribution in [0, 0.1) is 0 Å². The molecule has 13 nitrogen and oxygen atoms in total. The fourth-order valence-electron chi connectivity index (χ4n) is 3.83. The van der Waals surface area contributed by atoms with Crippen LogP contribution in [0.3, 0.4) is 0 Å². The summed E-state index contributed by atoms with van der Waals surface area (Å²) < 4.78 is 3.66. The zero-order valence-corrected chi connectivity index (χ0v) is 20.6. The van der Waals surface area contributed by atoms with Gasteiger partial charge in [0.15, 0.2) is 24.1 Å². The minimum atomic E-state index is -1.19. The molecular weight excluding hydrogens is 510 g/mol. The number of aliphatic carboxylic acids is 1. The first kappa shape index (κ1) is 24.0. The summed E-state index contributed by atoms with van der Waals surface area (Å²) in [5.41, 5.74) is 0.610. The molecule has 4 heterocycles. The normalized spacial score (nSPS) is 21.5. The van der Waals surface area contributed by atoms with Crippen molar-refractivity contribution in [1.82, 2.24) is 19.9 Å². The summed E-state index contributed by atoms with van der Waals surface area (Å²) in [5, 5.41) is 20.2. The van der Waals surface area contributed by atoms with Crippen molar-refractivity contribution in [3.05, 3.63) is 40.8 Å². The molecule has 2 aromatic rings. The number of carbonyl (C=O) groups excluding carboxylic acids is 3. The maximum Gasteiger partial charge on any atom is 0.352 e. The number of hydrogen-bond donors (Lipinski definition) is 3. The number of nitrogens with zero attached hydrogens (tertiary/aromatic N) is 5. The van der Waals surface area contributed by atoms with Crippen molar-refractivity contribution in [3.8, 4) is 0 Å². The molecule has 5 rings (SSSR count). The van der Waals surface area contributed by atoms with Crippen LogP contribution in [0.5, 0.6) is 0 Å². The molecule has 2 fully saturated rings. The quantitative estimate of drug-likeness (QED) is 0.123. The van der Waals surface area contributed by atoms with Gasteiger partial charge in [0.25, 0.3) is 11.8 Å². The number of aromatic nitrogens is 3. The summed E-state index contributed by atoms with van der Waals surface area (Å²) in [6, 6.07) is 0.908. The highest BCUT2D eigenvalue weighted by molar-refractivity contribution is 8.00. The second kappa shape index (κ2) is 9.73. The summed E-state index contributed by atoms with van der Waals surface area (Å²) in [6.07, 6.45) is 5.72. The van der Waals surface area contributed by atoms with Crippen LogP contribution in [0.25, 0.3) is 0 Å². The number of thioether (sulfide) groups is 1. The molecule has 2 atom stereocenters. The molecule has 0 unspecified atom stereocenters. The lowest BCUT2D eigenvalue weighted by molar-refractivity contribution is -0.752. The number of rotatable bonds is 10. The summed E-state index contributed by atoms with van der Waals surface area (Å²) >= 11 is 2.49. The molecule has 0 bridgehead atoms. The van der Waals surface area contributed by atoms with E-state index in [1.807, 2.05) is 34.9 Å². The zero-order valence-electron chi connectivity index (χ0n) is 19.0. The number of carboxylic acid groups (broad SMARTS) is 1. The maximum atomic E-state index is 13.1. The molecule has 0 radical (unpaired) electrons. The van der Waals surface area contributed by atoms with Crippen molar-refractivity contribution in [2.45, 2.75) is 36.9 Å². The van der Waals surface area contributed by atoms with Gasteiger partial charge in [-0.2, -0.15) is 4.68 Å². The topological polar surface area (TPSA) is 159 Å². The van der Waals surface area contributed by atoms with Gasteiger partial charge >= 0.3 is 5.97 Å². The van der Waals surface area contributed by atoms with E-state index in [4.69, 9.17) is 4.84 Å². The Morgan fingerprint density at radius 1 is 1.42 bits per heavy atom. The third-order valence-electron chi connectivity index (χ3n) is 5.82. The fraction of sp³-hybridized carbons (Fsp3) is 0.381. The van der Waals surface area contributed by atoms with Gasteiger partial charge in [0, 0.05) is 17.2 Å². The molecular formula is C21H22N7O6S2+. The first-order valence-electron chi connectivity index (χ1n) is 11.0. The standard InChI is InChI=1S/C21H21N7O6S2/c1-26-5-2-6-27(26)7-11-8-35-19-15(18(31)28(19)16(11)20(32)33)24-17(30)14(25-34-12-3-4-12)13-9-36-21(23-13)22-10-29/h2,5-6,9-10,12,15,19H,3-4,7-8H2,1H3,(H2-,22,23,24,29,30,32,33)/p+1/t15-,19-/m1/s1. The van der Waals surface area contributed by atoms with Crippen molar-refractivity contribution in [2.24, 2.45) is 12.2 Å². The van der Waals surface area contributed by atoms with E-state index in [0.29, 0.717) is 24.3 Å². The Morgan fingerprint density at radius 2 is 2.22 bits per heavy atom. The number of carboxylic acids is 1. The SMILES string of the molecule is C[n+]1cccn1CC1=C(C(=O)O)N2C(=O)[C@@H](NC(=O)C(=NOC3CC3)c3csc(NC=O)n3)[C@H]2SC1. The van der Waals surface area contributed by atoms with Crippen LogP contribution in [0.2, 0.25) is 0 Å².